The molecular formula is C14H20ClN3O. The lowest BCUT2D eigenvalue weighted by Crippen LogP contribution is -2.40. The first-order valence-corrected chi connectivity index (χ1v) is 7.38. The molecule has 0 radical (unpaired) electrons. The van der Waals surface area contributed by atoms with Gasteiger partial charge in [-0.2, -0.15) is 0 Å². The smallest absolute Gasteiger partial charge is 0.137 e. The zero-order chi connectivity index (χ0) is 13.4. The van der Waals surface area contributed by atoms with Gasteiger partial charge in [0, 0.05) is 31.7 Å². The van der Waals surface area contributed by atoms with E-state index in [4.69, 9.17) is 21.3 Å². The maximum atomic E-state index is 6.27. The molecule has 104 valence electrons. The van der Waals surface area contributed by atoms with Crippen LogP contribution in [-0.2, 0) is 4.74 Å². The van der Waals surface area contributed by atoms with Gasteiger partial charge in [0.1, 0.15) is 16.8 Å². The molecule has 1 saturated heterocycles. The van der Waals surface area contributed by atoms with E-state index in [1.807, 2.05) is 6.92 Å². The first kappa shape index (κ1) is 13.1. The summed E-state index contributed by atoms with van der Waals surface area (Å²) in [5, 5.41) is 0.603. The minimum absolute atomic E-state index is 0.297. The van der Waals surface area contributed by atoms with E-state index in [9.17, 15) is 0 Å². The zero-order valence-corrected chi connectivity index (χ0v) is 12.3. The van der Waals surface area contributed by atoms with E-state index < -0.39 is 0 Å². The predicted molar refractivity (Wildman–Crippen MR) is 76.0 cm³/mol. The van der Waals surface area contributed by atoms with Gasteiger partial charge in [-0.25, -0.2) is 9.97 Å². The summed E-state index contributed by atoms with van der Waals surface area (Å²) in [6.07, 6.45) is 4.95. The molecule has 0 bridgehead atoms. The second kappa shape index (κ2) is 5.25. The lowest BCUT2D eigenvalue weighted by molar-refractivity contribution is 0.0891. The van der Waals surface area contributed by atoms with Gasteiger partial charge in [-0.3, -0.25) is 0 Å². The molecule has 1 aliphatic heterocycles. The van der Waals surface area contributed by atoms with Crippen LogP contribution in [-0.4, -0.2) is 36.3 Å². The summed E-state index contributed by atoms with van der Waals surface area (Å²) in [5.74, 6) is 2.45. The number of hydrogen-bond donors (Lipinski definition) is 0. The quantitative estimate of drug-likeness (QED) is 0.799. The number of anilines is 1. The highest BCUT2D eigenvalue weighted by Crippen LogP contribution is 2.40. The van der Waals surface area contributed by atoms with Crippen molar-refractivity contribution in [3.05, 3.63) is 16.5 Å². The highest BCUT2D eigenvalue weighted by atomic mass is 35.5. The van der Waals surface area contributed by atoms with Crippen molar-refractivity contribution >= 4 is 17.4 Å². The van der Waals surface area contributed by atoms with Crippen LogP contribution in [0, 0.1) is 6.92 Å². The molecule has 1 aromatic heterocycles. The highest BCUT2D eigenvalue weighted by Gasteiger charge is 2.30. The second-order valence-corrected chi connectivity index (χ2v) is 5.90. The predicted octanol–water partition coefficient (Wildman–Crippen LogP) is 2.93. The Labute approximate surface area is 119 Å². The van der Waals surface area contributed by atoms with E-state index >= 15 is 0 Å². The number of rotatable bonds is 3. The van der Waals surface area contributed by atoms with Crippen LogP contribution in [0.3, 0.4) is 0 Å². The summed E-state index contributed by atoms with van der Waals surface area (Å²) >= 11 is 6.27. The lowest BCUT2D eigenvalue weighted by Gasteiger charge is -2.33. The van der Waals surface area contributed by atoms with Gasteiger partial charge in [-0.05, 0) is 32.6 Å². The van der Waals surface area contributed by atoms with Gasteiger partial charge in [-0.15, -0.1) is 0 Å². The Morgan fingerprint density at radius 2 is 2.05 bits per heavy atom. The number of halogens is 1. The van der Waals surface area contributed by atoms with Gasteiger partial charge in [0.15, 0.2) is 0 Å². The fourth-order valence-electron chi connectivity index (χ4n) is 2.65. The molecule has 3 rings (SSSR count). The third-order valence-electron chi connectivity index (χ3n) is 4.03. The Kier molecular flexibility index (Phi) is 3.63. The largest absolute Gasteiger partial charge is 0.380 e. The van der Waals surface area contributed by atoms with Crippen molar-refractivity contribution in [1.82, 2.24) is 9.97 Å². The van der Waals surface area contributed by atoms with Crippen LogP contribution >= 0.6 is 11.6 Å². The van der Waals surface area contributed by atoms with Crippen LogP contribution in [0.25, 0.3) is 0 Å². The SMILES string of the molecule is COC1CCCN(c2nc(C3CC3)nc(Cl)c2C)C1. The van der Waals surface area contributed by atoms with E-state index in [1.165, 1.54) is 12.8 Å². The van der Waals surface area contributed by atoms with E-state index in [1.54, 1.807) is 7.11 Å². The van der Waals surface area contributed by atoms with Crippen molar-refractivity contribution in [2.24, 2.45) is 0 Å². The molecule has 1 aliphatic carbocycles. The standard InChI is InChI=1S/C14H20ClN3O/c1-9-12(15)16-13(10-5-6-10)17-14(9)18-7-3-4-11(8-18)19-2/h10-11H,3-8H2,1-2H3. The van der Waals surface area contributed by atoms with Gasteiger partial charge < -0.3 is 9.64 Å². The van der Waals surface area contributed by atoms with E-state index in [-0.39, 0.29) is 0 Å². The lowest BCUT2D eigenvalue weighted by atomic mass is 10.1. The molecule has 0 N–H and O–H groups in total. The molecule has 1 unspecified atom stereocenters. The summed E-state index contributed by atoms with van der Waals surface area (Å²) in [6.45, 7) is 3.93. The molecular weight excluding hydrogens is 262 g/mol. The number of nitrogens with zero attached hydrogens (tertiary/aromatic N) is 3. The molecule has 1 atom stereocenters. The second-order valence-electron chi connectivity index (χ2n) is 5.54. The summed E-state index contributed by atoms with van der Waals surface area (Å²) in [7, 11) is 1.78. The molecule has 5 heteroatoms. The maximum absolute atomic E-state index is 6.27. The Morgan fingerprint density at radius 3 is 2.74 bits per heavy atom. The summed E-state index contributed by atoms with van der Waals surface area (Å²) < 4.78 is 5.48. The Hall–Kier alpha value is -0.870. The molecule has 0 spiro atoms. The first-order chi connectivity index (χ1) is 9.19. The first-order valence-electron chi connectivity index (χ1n) is 7.01. The summed E-state index contributed by atoms with van der Waals surface area (Å²) in [6, 6.07) is 0. The van der Waals surface area contributed by atoms with Gasteiger partial charge in [0.05, 0.1) is 6.10 Å². The molecule has 1 saturated carbocycles. The molecule has 2 fully saturated rings. The number of piperidine rings is 1. The van der Waals surface area contributed by atoms with Gasteiger partial charge in [-0.1, -0.05) is 11.6 Å². The van der Waals surface area contributed by atoms with Crippen molar-refractivity contribution in [2.75, 3.05) is 25.1 Å². The van der Waals surface area contributed by atoms with Crippen molar-refractivity contribution in [2.45, 2.75) is 44.6 Å². The van der Waals surface area contributed by atoms with E-state index in [0.717, 1.165) is 43.1 Å². The van der Waals surface area contributed by atoms with Crippen LogP contribution < -0.4 is 4.90 Å². The fraction of sp³-hybridized carbons (Fsp3) is 0.714. The number of ether oxygens (including phenoxy) is 1. The summed E-state index contributed by atoms with van der Waals surface area (Å²) in [5.41, 5.74) is 0.989. The van der Waals surface area contributed by atoms with Crippen LogP contribution in [0.4, 0.5) is 5.82 Å². The monoisotopic (exact) mass is 281 g/mol. The average molecular weight is 282 g/mol. The molecule has 2 aliphatic rings. The van der Waals surface area contributed by atoms with Crippen LogP contribution in [0.15, 0.2) is 0 Å². The molecule has 4 nitrogen and oxygen atoms in total. The minimum atomic E-state index is 0.297. The molecule has 0 aromatic carbocycles. The van der Waals surface area contributed by atoms with Crippen LogP contribution in [0.1, 0.15) is 43.0 Å². The van der Waals surface area contributed by atoms with E-state index in [0.29, 0.717) is 17.2 Å². The van der Waals surface area contributed by atoms with Crippen molar-refractivity contribution in [3.8, 4) is 0 Å². The van der Waals surface area contributed by atoms with Crippen LogP contribution in [0.5, 0.6) is 0 Å². The van der Waals surface area contributed by atoms with Crippen molar-refractivity contribution < 1.29 is 4.74 Å². The minimum Gasteiger partial charge on any atom is -0.380 e. The van der Waals surface area contributed by atoms with Crippen molar-refractivity contribution in [1.29, 1.82) is 0 Å². The van der Waals surface area contributed by atoms with Gasteiger partial charge in [0.2, 0.25) is 0 Å². The Balaban J connectivity index is 1.89. The fourth-order valence-corrected chi connectivity index (χ4v) is 2.82. The highest BCUT2D eigenvalue weighted by molar-refractivity contribution is 6.30. The topological polar surface area (TPSA) is 38.2 Å². The normalized spacial score (nSPS) is 23.7. The third kappa shape index (κ3) is 2.70. The maximum Gasteiger partial charge on any atom is 0.137 e. The average Bonchev–Trinajstić information content (AvgIpc) is 3.26. The van der Waals surface area contributed by atoms with Crippen LogP contribution in [0.2, 0.25) is 5.15 Å². The molecule has 2 heterocycles. The molecule has 19 heavy (non-hydrogen) atoms. The zero-order valence-electron chi connectivity index (χ0n) is 11.5. The van der Waals surface area contributed by atoms with Gasteiger partial charge >= 0.3 is 0 Å². The molecule has 0 amide bonds. The van der Waals surface area contributed by atoms with E-state index in [2.05, 4.69) is 9.88 Å². The molecule has 1 aromatic rings. The third-order valence-corrected chi connectivity index (χ3v) is 4.40. The number of methoxy groups -OCH3 is 1. The van der Waals surface area contributed by atoms with Crippen molar-refractivity contribution in [3.63, 3.8) is 0 Å². The number of aromatic nitrogens is 2. The number of hydrogen-bond acceptors (Lipinski definition) is 4. The summed E-state index contributed by atoms with van der Waals surface area (Å²) in [4.78, 5) is 11.5. The Bertz CT molecular complexity index is 476. The Morgan fingerprint density at radius 1 is 1.26 bits per heavy atom. The van der Waals surface area contributed by atoms with Gasteiger partial charge in [0.25, 0.3) is 0 Å².